The summed E-state index contributed by atoms with van der Waals surface area (Å²) in [6, 6.07) is 5.81. The first-order valence-corrected chi connectivity index (χ1v) is 11.5. The maximum Gasteiger partial charge on any atom is 0.434 e. The normalized spacial score (nSPS) is 19.4. The number of rotatable bonds is 5. The summed E-state index contributed by atoms with van der Waals surface area (Å²) in [5, 5.41) is 0.615. The van der Waals surface area contributed by atoms with Gasteiger partial charge in [0.1, 0.15) is 0 Å². The number of alkyl halides is 6. The number of amides is 1. The minimum atomic E-state index is -5.74. The molecule has 0 radical (unpaired) electrons. The van der Waals surface area contributed by atoms with E-state index in [2.05, 4.69) is 9.64 Å². The van der Waals surface area contributed by atoms with Crippen LogP contribution in [0.4, 0.5) is 36.8 Å². The van der Waals surface area contributed by atoms with Gasteiger partial charge in [0.25, 0.3) is 6.10 Å². The fourth-order valence-corrected chi connectivity index (χ4v) is 4.54. The highest BCUT2D eigenvalue weighted by Crippen LogP contribution is 2.37. The van der Waals surface area contributed by atoms with Crippen molar-refractivity contribution in [3.63, 3.8) is 0 Å². The highest BCUT2D eigenvalue weighted by molar-refractivity contribution is 6.33. The largest absolute Gasteiger partial charge is 0.434 e. The quantitative estimate of drug-likeness (QED) is 0.495. The Morgan fingerprint density at radius 2 is 1.69 bits per heavy atom. The number of halogens is 7. The van der Waals surface area contributed by atoms with Gasteiger partial charge >= 0.3 is 18.4 Å². The Morgan fingerprint density at radius 3 is 2.20 bits per heavy atom. The van der Waals surface area contributed by atoms with Crippen molar-refractivity contribution in [2.45, 2.75) is 50.3 Å². The number of nitrogens with zero attached hydrogens (tertiary/aromatic N) is 3. The topological polar surface area (TPSA) is 45.2 Å². The van der Waals surface area contributed by atoms with Crippen LogP contribution in [0.5, 0.6) is 0 Å². The summed E-state index contributed by atoms with van der Waals surface area (Å²) in [7, 11) is 1.88. The van der Waals surface area contributed by atoms with Gasteiger partial charge in [0.05, 0.1) is 23.9 Å². The third kappa shape index (κ3) is 6.85. The maximum absolute atomic E-state index is 12.7. The maximum atomic E-state index is 12.7. The van der Waals surface area contributed by atoms with Gasteiger partial charge < -0.3 is 19.3 Å². The molecule has 2 fully saturated rings. The predicted octanol–water partition coefficient (Wildman–Crippen LogP) is 5.09. The Bertz CT molecular complexity index is 870. The molecule has 2 aliphatic rings. The molecule has 0 saturated carbocycles. The highest BCUT2D eigenvalue weighted by Gasteiger charge is 2.60. The van der Waals surface area contributed by atoms with Crippen molar-refractivity contribution in [3.8, 4) is 0 Å². The molecule has 3 rings (SSSR count). The van der Waals surface area contributed by atoms with E-state index in [0.717, 1.165) is 29.2 Å². The molecule has 0 aromatic heterocycles. The van der Waals surface area contributed by atoms with Crippen molar-refractivity contribution < 1.29 is 40.6 Å². The van der Waals surface area contributed by atoms with Crippen LogP contribution in [-0.2, 0) is 16.0 Å². The van der Waals surface area contributed by atoms with Crippen LogP contribution in [0.25, 0.3) is 0 Å². The summed E-state index contributed by atoms with van der Waals surface area (Å²) >= 11 is 6.51. The van der Waals surface area contributed by atoms with Crippen molar-refractivity contribution in [2.75, 3.05) is 51.3 Å². The summed E-state index contributed by atoms with van der Waals surface area (Å²) in [5.74, 6) is 0. The average Bonchev–Trinajstić information content (AvgIpc) is 2.77. The van der Waals surface area contributed by atoms with Crippen LogP contribution in [0.2, 0.25) is 5.02 Å². The molecule has 0 aliphatic carbocycles. The van der Waals surface area contributed by atoms with Gasteiger partial charge in [0.15, 0.2) is 0 Å². The Balaban J connectivity index is 1.57. The van der Waals surface area contributed by atoms with Crippen LogP contribution in [0.3, 0.4) is 0 Å². The lowest BCUT2D eigenvalue weighted by molar-refractivity contribution is -0.308. The van der Waals surface area contributed by atoms with E-state index in [-0.39, 0.29) is 13.1 Å². The number of hydrogen-bond donors (Lipinski definition) is 0. The molecule has 2 aliphatic heterocycles. The standard InChI is InChI=1S/C22H28ClF6N3O3/c1-20(5-7-32(8-6-20)19(33)35-18(21(24,25)26)22(27,28)29)30(2)14-15-3-4-17(16(23)13-15)31-9-11-34-12-10-31/h3-4,13,18H,5-12,14H2,1-2H3. The lowest BCUT2D eigenvalue weighted by Crippen LogP contribution is -2.54. The summed E-state index contributed by atoms with van der Waals surface area (Å²) in [6.07, 6.45) is -16.6. The minimum absolute atomic E-state index is 0.0289. The molecule has 0 spiro atoms. The van der Waals surface area contributed by atoms with E-state index in [4.69, 9.17) is 16.3 Å². The van der Waals surface area contributed by atoms with Gasteiger partial charge in [0, 0.05) is 38.3 Å². The lowest BCUT2D eigenvalue weighted by Gasteiger charge is -2.45. The molecule has 198 valence electrons. The lowest BCUT2D eigenvalue weighted by atomic mass is 9.88. The van der Waals surface area contributed by atoms with Gasteiger partial charge in [-0.1, -0.05) is 17.7 Å². The van der Waals surface area contributed by atoms with Crippen molar-refractivity contribution in [1.29, 1.82) is 0 Å². The number of carbonyl (C=O) groups is 1. The number of piperidine rings is 1. The second kappa shape index (κ2) is 10.6. The van der Waals surface area contributed by atoms with E-state index in [1.165, 1.54) is 0 Å². The number of carbonyl (C=O) groups excluding carboxylic acids is 1. The van der Waals surface area contributed by atoms with Gasteiger partial charge in [-0.25, -0.2) is 4.79 Å². The number of benzene rings is 1. The van der Waals surface area contributed by atoms with Crippen molar-refractivity contribution in [3.05, 3.63) is 28.8 Å². The SMILES string of the molecule is CN(Cc1ccc(N2CCOCC2)c(Cl)c1)C1(C)CCN(C(=O)OC(C(F)(F)F)C(F)(F)F)CC1. The molecular formula is C22H28ClF6N3O3. The zero-order valence-electron chi connectivity index (χ0n) is 19.4. The second-order valence-electron chi connectivity index (χ2n) is 9.07. The third-order valence-corrected chi connectivity index (χ3v) is 6.92. The molecule has 1 aromatic carbocycles. The van der Waals surface area contributed by atoms with E-state index in [1.54, 1.807) is 0 Å². The van der Waals surface area contributed by atoms with E-state index >= 15 is 0 Å². The van der Waals surface area contributed by atoms with E-state index in [1.807, 2.05) is 37.1 Å². The molecule has 0 bridgehead atoms. The summed E-state index contributed by atoms with van der Waals surface area (Å²) in [4.78, 5) is 17.1. The first-order valence-electron chi connectivity index (χ1n) is 11.1. The fourth-order valence-electron chi connectivity index (χ4n) is 4.22. The number of likely N-dealkylation sites (tertiary alicyclic amines) is 1. The van der Waals surface area contributed by atoms with Crippen LogP contribution in [0.15, 0.2) is 18.2 Å². The van der Waals surface area contributed by atoms with Crippen LogP contribution in [0.1, 0.15) is 25.3 Å². The van der Waals surface area contributed by atoms with E-state index < -0.39 is 30.1 Å². The molecular weight excluding hydrogens is 504 g/mol. The first kappa shape index (κ1) is 27.7. The van der Waals surface area contributed by atoms with Gasteiger partial charge in [-0.15, -0.1) is 0 Å². The molecule has 2 saturated heterocycles. The second-order valence-corrected chi connectivity index (χ2v) is 9.48. The Kier molecular flexibility index (Phi) is 8.37. The van der Waals surface area contributed by atoms with Crippen LogP contribution in [-0.4, -0.2) is 86.3 Å². The highest BCUT2D eigenvalue weighted by atomic mass is 35.5. The van der Waals surface area contributed by atoms with E-state index in [0.29, 0.717) is 37.6 Å². The number of hydrogen-bond acceptors (Lipinski definition) is 5. The van der Waals surface area contributed by atoms with Crippen molar-refractivity contribution in [2.24, 2.45) is 0 Å². The smallest absolute Gasteiger partial charge is 0.426 e. The zero-order chi connectivity index (χ0) is 26.0. The average molecular weight is 532 g/mol. The van der Waals surface area contributed by atoms with Crippen LogP contribution in [0, 0.1) is 0 Å². The van der Waals surface area contributed by atoms with Crippen LogP contribution >= 0.6 is 11.6 Å². The van der Waals surface area contributed by atoms with Gasteiger partial charge in [-0.2, -0.15) is 26.3 Å². The Morgan fingerprint density at radius 1 is 1.11 bits per heavy atom. The van der Waals surface area contributed by atoms with Crippen molar-refractivity contribution >= 4 is 23.4 Å². The first-order chi connectivity index (χ1) is 16.2. The molecule has 2 heterocycles. The molecule has 13 heteroatoms. The Labute approximate surface area is 204 Å². The minimum Gasteiger partial charge on any atom is -0.426 e. The Hall–Kier alpha value is -1.92. The molecule has 6 nitrogen and oxygen atoms in total. The monoisotopic (exact) mass is 531 g/mol. The zero-order valence-corrected chi connectivity index (χ0v) is 20.1. The molecule has 0 atom stereocenters. The number of anilines is 1. The summed E-state index contributed by atoms with van der Waals surface area (Å²) in [6.45, 7) is 5.18. The van der Waals surface area contributed by atoms with E-state index in [9.17, 15) is 31.1 Å². The molecule has 35 heavy (non-hydrogen) atoms. The van der Waals surface area contributed by atoms with Gasteiger partial charge in [0.2, 0.25) is 0 Å². The summed E-state index contributed by atoms with van der Waals surface area (Å²) in [5.41, 5.74) is 1.45. The number of morpholine rings is 1. The third-order valence-electron chi connectivity index (χ3n) is 6.62. The molecule has 0 unspecified atom stereocenters. The van der Waals surface area contributed by atoms with Gasteiger partial charge in [-0.3, -0.25) is 4.90 Å². The molecule has 1 amide bonds. The van der Waals surface area contributed by atoms with Gasteiger partial charge in [-0.05, 0) is 44.5 Å². The van der Waals surface area contributed by atoms with Crippen molar-refractivity contribution in [1.82, 2.24) is 9.80 Å². The number of ether oxygens (including phenoxy) is 2. The predicted molar refractivity (Wildman–Crippen MR) is 118 cm³/mol. The molecule has 0 N–H and O–H groups in total. The summed E-state index contributed by atoms with van der Waals surface area (Å²) < 4.78 is 85.4. The van der Waals surface area contributed by atoms with Crippen LogP contribution < -0.4 is 4.90 Å². The molecule has 1 aromatic rings. The fraction of sp³-hybridized carbons (Fsp3) is 0.682.